The van der Waals surface area contributed by atoms with Crippen LogP contribution in [0, 0.1) is 5.92 Å². The molecule has 1 fully saturated rings. The largest absolute Gasteiger partial charge is 0.481 e. The maximum absolute atomic E-state index is 12.2. The number of rotatable bonds is 3. The van der Waals surface area contributed by atoms with Gasteiger partial charge in [-0.25, -0.2) is 4.79 Å². The first-order chi connectivity index (χ1) is 9.90. The Morgan fingerprint density at radius 3 is 2.76 bits per heavy atom. The van der Waals surface area contributed by atoms with E-state index in [1.165, 1.54) is 24.2 Å². The topological polar surface area (TPSA) is 102 Å². The Kier molecular flexibility index (Phi) is 4.25. The van der Waals surface area contributed by atoms with E-state index in [0.29, 0.717) is 19.4 Å². The van der Waals surface area contributed by atoms with Crippen molar-refractivity contribution >= 4 is 11.9 Å². The maximum atomic E-state index is 12.2. The van der Waals surface area contributed by atoms with Crippen LogP contribution in [0.5, 0.6) is 0 Å². The fourth-order valence-electron chi connectivity index (χ4n) is 2.39. The molecule has 2 heterocycles. The van der Waals surface area contributed by atoms with Crippen molar-refractivity contribution in [1.82, 2.24) is 14.0 Å². The average molecular weight is 295 g/mol. The van der Waals surface area contributed by atoms with Gasteiger partial charge in [-0.15, -0.1) is 0 Å². The van der Waals surface area contributed by atoms with Crippen molar-refractivity contribution in [2.24, 2.45) is 13.0 Å². The predicted octanol–water partition coefficient (Wildman–Crippen LogP) is -1.13. The monoisotopic (exact) mass is 295 g/mol. The Balaban J connectivity index is 2.11. The number of carboxylic acid groups (broad SMARTS) is 1. The number of nitrogens with zero attached hydrogens (tertiary/aromatic N) is 3. The molecule has 1 atom stereocenters. The quantitative estimate of drug-likeness (QED) is 0.760. The molecule has 8 nitrogen and oxygen atoms in total. The molecular formula is C13H17N3O5. The molecule has 1 aromatic heterocycles. The van der Waals surface area contributed by atoms with Gasteiger partial charge in [0.05, 0.1) is 5.92 Å². The first-order valence-corrected chi connectivity index (χ1v) is 6.67. The van der Waals surface area contributed by atoms with E-state index in [9.17, 15) is 19.2 Å². The van der Waals surface area contributed by atoms with Crippen molar-refractivity contribution in [2.75, 3.05) is 13.1 Å². The molecule has 114 valence electrons. The van der Waals surface area contributed by atoms with Crippen molar-refractivity contribution in [2.45, 2.75) is 19.4 Å². The Morgan fingerprint density at radius 2 is 2.10 bits per heavy atom. The molecule has 0 spiro atoms. The van der Waals surface area contributed by atoms with E-state index in [1.54, 1.807) is 0 Å². The second-order valence-electron chi connectivity index (χ2n) is 5.14. The Labute approximate surface area is 120 Å². The first kappa shape index (κ1) is 15.0. The number of hydrogen-bond acceptors (Lipinski definition) is 4. The van der Waals surface area contributed by atoms with E-state index in [0.717, 1.165) is 9.13 Å². The van der Waals surface area contributed by atoms with E-state index in [-0.39, 0.29) is 19.0 Å². The summed E-state index contributed by atoms with van der Waals surface area (Å²) in [6.07, 6.45) is 2.46. The Morgan fingerprint density at radius 1 is 1.38 bits per heavy atom. The Hall–Kier alpha value is -2.38. The zero-order valence-electron chi connectivity index (χ0n) is 11.7. The molecule has 1 aromatic rings. The van der Waals surface area contributed by atoms with Gasteiger partial charge in [-0.1, -0.05) is 0 Å². The van der Waals surface area contributed by atoms with Crippen LogP contribution in [-0.2, 0) is 23.2 Å². The molecule has 21 heavy (non-hydrogen) atoms. The first-order valence-electron chi connectivity index (χ1n) is 6.67. The third kappa shape index (κ3) is 3.21. The minimum atomic E-state index is -0.910. The second-order valence-corrected chi connectivity index (χ2v) is 5.14. The van der Waals surface area contributed by atoms with Gasteiger partial charge in [0.15, 0.2) is 0 Å². The van der Waals surface area contributed by atoms with Gasteiger partial charge in [-0.2, -0.15) is 0 Å². The van der Waals surface area contributed by atoms with Crippen LogP contribution in [0.4, 0.5) is 0 Å². The number of carboxylic acids is 1. The van der Waals surface area contributed by atoms with Crippen molar-refractivity contribution in [3.05, 3.63) is 33.1 Å². The molecule has 1 aliphatic heterocycles. The summed E-state index contributed by atoms with van der Waals surface area (Å²) in [6.45, 7) is 0.455. The van der Waals surface area contributed by atoms with Gasteiger partial charge in [0.2, 0.25) is 5.91 Å². The van der Waals surface area contributed by atoms with Crippen molar-refractivity contribution in [1.29, 1.82) is 0 Å². The molecule has 1 amide bonds. The van der Waals surface area contributed by atoms with Crippen molar-refractivity contribution in [3.8, 4) is 0 Å². The highest BCUT2D eigenvalue weighted by molar-refractivity contribution is 5.77. The lowest BCUT2D eigenvalue weighted by Gasteiger charge is -2.30. The van der Waals surface area contributed by atoms with E-state index in [2.05, 4.69) is 0 Å². The number of likely N-dealkylation sites (tertiary alicyclic amines) is 1. The van der Waals surface area contributed by atoms with Crippen LogP contribution in [0.3, 0.4) is 0 Å². The van der Waals surface area contributed by atoms with Gasteiger partial charge in [0.25, 0.3) is 5.56 Å². The zero-order valence-corrected chi connectivity index (χ0v) is 11.7. The number of carbonyl (C=O) groups is 2. The van der Waals surface area contributed by atoms with E-state index >= 15 is 0 Å². The lowest BCUT2D eigenvalue weighted by Crippen LogP contribution is -2.46. The summed E-state index contributed by atoms with van der Waals surface area (Å²) in [7, 11) is 1.34. The third-order valence-electron chi connectivity index (χ3n) is 3.69. The SMILES string of the molecule is Cn1c(=O)ccn(CC(=O)N2CCC[C@@H](C(=O)O)C2)c1=O. The molecule has 0 bridgehead atoms. The second kappa shape index (κ2) is 5.94. The fraction of sp³-hybridized carbons (Fsp3) is 0.538. The molecule has 8 heteroatoms. The summed E-state index contributed by atoms with van der Waals surface area (Å²) >= 11 is 0. The predicted molar refractivity (Wildman–Crippen MR) is 72.9 cm³/mol. The maximum Gasteiger partial charge on any atom is 0.331 e. The molecule has 0 unspecified atom stereocenters. The molecule has 1 saturated heterocycles. The van der Waals surface area contributed by atoms with Gasteiger partial charge in [-0.3, -0.25) is 23.5 Å². The normalized spacial score (nSPS) is 18.5. The molecule has 0 saturated carbocycles. The van der Waals surface area contributed by atoms with E-state index in [4.69, 9.17) is 5.11 Å². The highest BCUT2D eigenvalue weighted by atomic mass is 16.4. The average Bonchev–Trinajstić information content (AvgIpc) is 2.48. The lowest BCUT2D eigenvalue weighted by atomic mass is 9.98. The molecule has 0 radical (unpaired) electrons. The van der Waals surface area contributed by atoms with E-state index < -0.39 is 23.1 Å². The van der Waals surface area contributed by atoms with Crippen LogP contribution in [0.15, 0.2) is 21.9 Å². The number of carbonyl (C=O) groups excluding carboxylic acids is 1. The zero-order chi connectivity index (χ0) is 15.6. The summed E-state index contributed by atoms with van der Waals surface area (Å²) < 4.78 is 2.07. The number of aliphatic carboxylic acids is 1. The van der Waals surface area contributed by atoms with Crippen LogP contribution in [0.2, 0.25) is 0 Å². The van der Waals surface area contributed by atoms with Crippen LogP contribution >= 0.6 is 0 Å². The molecule has 2 rings (SSSR count). The summed E-state index contributed by atoms with van der Waals surface area (Å²) in [5, 5.41) is 9.01. The summed E-state index contributed by atoms with van der Waals surface area (Å²) in [5.74, 6) is -1.78. The molecule has 1 aliphatic rings. The molecule has 1 N–H and O–H groups in total. The van der Waals surface area contributed by atoms with Gasteiger partial charge in [0.1, 0.15) is 6.54 Å². The van der Waals surface area contributed by atoms with Gasteiger partial charge in [-0.05, 0) is 12.8 Å². The van der Waals surface area contributed by atoms with Crippen LogP contribution in [0.1, 0.15) is 12.8 Å². The van der Waals surface area contributed by atoms with Crippen molar-refractivity contribution < 1.29 is 14.7 Å². The summed E-state index contributed by atoms with van der Waals surface area (Å²) in [4.78, 5) is 47.7. The smallest absolute Gasteiger partial charge is 0.331 e. The highest BCUT2D eigenvalue weighted by Crippen LogP contribution is 2.16. The summed E-state index contributed by atoms with van der Waals surface area (Å²) in [5.41, 5.74) is -1.00. The van der Waals surface area contributed by atoms with Gasteiger partial charge < -0.3 is 10.0 Å². The summed E-state index contributed by atoms with van der Waals surface area (Å²) in [6, 6.07) is 1.21. The van der Waals surface area contributed by atoms with Gasteiger partial charge in [0, 0.05) is 32.4 Å². The van der Waals surface area contributed by atoms with Crippen LogP contribution < -0.4 is 11.2 Å². The van der Waals surface area contributed by atoms with Crippen molar-refractivity contribution in [3.63, 3.8) is 0 Å². The number of aromatic nitrogens is 2. The lowest BCUT2D eigenvalue weighted by molar-refractivity contribution is -0.145. The Bertz CT molecular complexity index is 675. The fourth-order valence-corrected chi connectivity index (χ4v) is 2.39. The number of amides is 1. The molecule has 0 aromatic carbocycles. The van der Waals surface area contributed by atoms with Crippen LogP contribution in [-0.4, -0.2) is 44.1 Å². The minimum absolute atomic E-state index is 0.161. The highest BCUT2D eigenvalue weighted by Gasteiger charge is 2.28. The minimum Gasteiger partial charge on any atom is -0.481 e. The standard InChI is InChI=1S/C13H17N3O5/c1-14-10(17)4-6-16(13(14)21)8-11(18)15-5-2-3-9(7-15)12(19)20/h4,6,9H,2-3,5,7-8H2,1H3,(H,19,20)/t9-/m1/s1. The number of piperidine rings is 1. The van der Waals surface area contributed by atoms with Crippen LogP contribution in [0.25, 0.3) is 0 Å². The molecule has 0 aliphatic carbocycles. The molecular weight excluding hydrogens is 278 g/mol. The third-order valence-corrected chi connectivity index (χ3v) is 3.69. The number of hydrogen-bond donors (Lipinski definition) is 1. The van der Waals surface area contributed by atoms with E-state index in [1.807, 2.05) is 0 Å². The van der Waals surface area contributed by atoms with Gasteiger partial charge >= 0.3 is 11.7 Å².